The fraction of sp³-hybridized carbons (Fsp3) is 0.400. The van der Waals surface area contributed by atoms with E-state index < -0.39 is 0 Å². The van der Waals surface area contributed by atoms with Gasteiger partial charge in [0.2, 0.25) is 0 Å². The van der Waals surface area contributed by atoms with Gasteiger partial charge in [0.05, 0.1) is 0 Å². The molecular formula is C15H20N2O2. The van der Waals surface area contributed by atoms with Gasteiger partial charge in [-0.05, 0) is 37.4 Å². The second kappa shape index (κ2) is 5.99. The van der Waals surface area contributed by atoms with Gasteiger partial charge in [-0.25, -0.2) is 0 Å². The Hall–Kier alpha value is -1.65. The van der Waals surface area contributed by atoms with Crippen molar-refractivity contribution in [1.29, 1.82) is 0 Å². The number of aryl methyl sites for hydroxylation is 1. The quantitative estimate of drug-likeness (QED) is 0.859. The van der Waals surface area contributed by atoms with Gasteiger partial charge in [-0.15, -0.1) is 0 Å². The van der Waals surface area contributed by atoms with E-state index in [-0.39, 0.29) is 18.2 Å². The number of hydrogen-bond donors (Lipinski definition) is 2. The minimum atomic E-state index is 0.0103. The van der Waals surface area contributed by atoms with Gasteiger partial charge in [0.25, 0.3) is 5.56 Å². The summed E-state index contributed by atoms with van der Waals surface area (Å²) in [4.78, 5) is 12.4. The van der Waals surface area contributed by atoms with Gasteiger partial charge >= 0.3 is 0 Å². The van der Waals surface area contributed by atoms with Gasteiger partial charge in [0, 0.05) is 30.8 Å². The fourth-order valence-electron chi connectivity index (χ4n) is 2.28. The topological polar surface area (TPSA) is 54.3 Å². The maximum atomic E-state index is 12.4. The Morgan fingerprint density at radius 3 is 2.63 bits per heavy atom. The Bertz CT molecular complexity index is 619. The van der Waals surface area contributed by atoms with E-state index in [1.807, 2.05) is 37.5 Å². The van der Waals surface area contributed by atoms with Gasteiger partial charge in [-0.3, -0.25) is 4.79 Å². The summed E-state index contributed by atoms with van der Waals surface area (Å²) in [6.07, 6.45) is 2.49. The lowest BCUT2D eigenvalue weighted by atomic mass is 10.0. The smallest absolute Gasteiger partial charge is 0.258 e. The Labute approximate surface area is 112 Å². The van der Waals surface area contributed by atoms with Crippen LogP contribution in [0.2, 0.25) is 0 Å². The number of fused-ring (bicyclic) bond motifs is 1. The first-order valence-electron chi connectivity index (χ1n) is 6.59. The third-order valence-electron chi connectivity index (χ3n) is 3.48. The van der Waals surface area contributed by atoms with Crippen LogP contribution in [0.25, 0.3) is 10.8 Å². The standard InChI is InChI=1S/C15H20N2O2/c1-11(16-2)14-10-17(8-5-9-18)15(19)13-7-4-3-6-12(13)14/h3-4,6-7,10-11,16,18H,5,8-9H2,1-2H3. The highest BCUT2D eigenvalue weighted by atomic mass is 16.3. The minimum absolute atomic E-state index is 0.0103. The predicted molar refractivity (Wildman–Crippen MR) is 77.4 cm³/mol. The molecule has 0 saturated carbocycles. The van der Waals surface area contributed by atoms with E-state index in [4.69, 9.17) is 5.11 Å². The highest BCUT2D eigenvalue weighted by Crippen LogP contribution is 2.21. The second-order valence-corrected chi connectivity index (χ2v) is 4.72. The van der Waals surface area contributed by atoms with Crippen molar-refractivity contribution in [2.75, 3.05) is 13.7 Å². The van der Waals surface area contributed by atoms with E-state index in [2.05, 4.69) is 12.2 Å². The van der Waals surface area contributed by atoms with Crippen LogP contribution in [-0.2, 0) is 6.54 Å². The number of aliphatic hydroxyl groups is 1. The van der Waals surface area contributed by atoms with Crippen LogP contribution in [0, 0.1) is 0 Å². The number of rotatable bonds is 5. The predicted octanol–water partition coefficient (Wildman–Crippen LogP) is 1.66. The summed E-state index contributed by atoms with van der Waals surface area (Å²) in [5.74, 6) is 0. The van der Waals surface area contributed by atoms with Crippen molar-refractivity contribution in [2.24, 2.45) is 0 Å². The van der Waals surface area contributed by atoms with Crippen molar-refractivity contribution in [3.63, 3.8) is 0 Å². The summed E-state index contributed by atoms with van der Waals surface area (Å²) in [6, 6.07) is 7.85. The molecule has 0 bridgehead atoms. The first kappa shape index (κ1) is 13.8. The molecule has 0 saturated heterocycles. The molecule has 0 aliphatic rings. The molecule has 1 unspecified atom stereocenters. The molecule has 4 heteroatoms. The van der Waals surface area contributed by atoms with E-state index in [0.717, 1.165) is 16.3 Å². The van der Waals surface area contributed by atoms with Crippen molar-refractivity contribution >= 4 is 10.8 Å². The lowest BCUT2D eigenvalue weighted by Crippen LogP contribution is -2.24. The van der Waals surface area contributed by atoms with Gasteiger partial charge in [0.1, 0.15) is 0 Å². The molecule has 0 aliphatic carbocycles. The number of aromatic nitrogens is 1. The van der Waals surface area contributed by atoms with Crippen LogP contribution in [0.5, 0.6) is 0 Å². The molecule has 0 radical (unpaired) electrons. The molecule has 19 heavy (non-hydrogen) atoms. The van der Waals surface area contributed by atoms with Gasteiger partial charge in [-0.2, -0.15) is 0 Å². The van der Waals surface area contributed by atoms with Crippen molar-refractivity contribution in [2.45, 2.75) is 25.9 Å². The van der Waals surface area contributed by atoms with Crippen molar-refractivity contribution < 1.29 is 5.11 Å². The van der Waals surface area contributed by atoms with E-state index >= 15 is 0 Å². The maximum absolute atomic E-state index is 12.4. The van der Waals surface area contributed by atoms with Crippen molar-refractivity contribution in [3.8, 4) is 0 Å². The van der Waals surface area contributed by atoms with Crippen molar-refractivity contribution in [3.05, 3.63) is 46.4 Å². The summed E-state index contributed by atoms with van der Waals surface area (Å²) in [7, 11) is 1.91. The summed E-state index contributed by atoms with van der Waals surface area (Å²) < 4.78 is 1.70. The maximum Gasteiger partial charge on any atom is 0.258 e. The molecule has 0 fully saturated rings. The van der Waals surface area contributed by atoms with Crippen LogP contribution in [0.1, 0.15) is 24.9 Å². The molecule has 1 atom stereocenters. The van der Waals surface area contributed by atoms with Gasteiger partial charge < -0.3 is 15.0 Å². The molecule has 2 N–H and O–H groups in total. The lowest BCUT2D eigenvalue weighted by molar-refractivity contribution is 0.279. The van der Waals surface area contributed by atoms with Crippen LogP contribution in [-0.4, -0.2) is 23.3 Å². The SMILES string of the molecule is CNC(C)c1cn(CCCO)c(=O)c2ccccc12. The number of pyridine rings is 1. The molecule has 2 rings (SSSR count). The van der Waals surface area contributed by atoms with Crippen LogP contribution < -0.4 is 10.9 Å². The molecule has 102 valence electrons. The first-order valence-corrected chi connectivity index (χ1v) is 6.59. The zero-order valence-corrected chi connectivity index (χ0v) is 11.4. The number of hydrogen-bond acceptors (Lipinski definition) is 3. The molecule has 1 aromatic heterocycles. The largest absolute Gasteiger partial charge is 0.396 e. The number of aliphatic hydroxyl groups excluding tert-OH is 1. The van der Waals surface area contributed by atoms with Crippen molar-refractivity contribution in [1.82, 2.24) is 9.88 Å². The van der Waals surface area contributed by atoms with Crippen LogP contribution in [0.4, 0.5) is 0 Å². The van der Waals surface area contributed by atoms with Gasteiger partial charge in [0.15, 0.2) is 0 Å². The third kappa shape index (κ3) is 2.69. The monoisotopic (exact) mass is 260 g/mol. The highest BCUT2D eigenvalue weighted by molar-refractivity contribution is 5.85. The average Bonchev–Trinajstić information content (AvgIpc) is 2.46. The highest BCUT2D eigenvalue weighted by Gasteiger charge is 2.12. The molecule has 0 aliphatic heterocycles. The Morgan fingerprint density at radius 1 is 1.32 bits per heavy atom. The summed E-state index contributed by atoms with van der Waals surface area (Å²) >= 11 is 0. The van der Waals surface area contributed by atoms with Gasteiger partial charge in [-0.1, -0.05) is 18.2 Å². The summed E-state index contributed by atoms with van der Waals surface area (Å²) in [5.41, 5.74) is 1.12. The zero-order chi connectivity index (χ0) is 13.8. The van der Waals surface area contributed by atoms with E-state index in [1.54, 1.807) is 4.57 Å². The number of benzene rings is 1. The van der Waals surface area contributed by atoms with E-state index in [1.165, 1.54) is 0 Å². The van der Waals surface area contributed by atoms with E-state index in [0.29, 0.717) is 13.0 Å². The lowest BCUT2D eigenvalue weighted by Gasteiger charge is -2.16. The fourth-order valence-corrected chi connectivity index (χ4v) is 2.28. The van der Waals surface area contributed by atoms with Crippen LogP contribution in [0.15, 0.2) is 35.3 Å². The minimum Gasteiger partial charge on any atom is -0.396 e. The molecule has 0 spiro atoms. The molecule has 1 heterocycles. The normalized spacial score (nSPS) is 12.8. The van der Waals surface area contributed by atoms with Crippen LogP contribution >= 0.6 is 0 Å². The van der Waals surface area contributed by atoms with Crippen LogP contribution in [0.3, 0.4) is 0 Å². The zero-order valence-electron chi connectivity index (χ0n) is 11.4. The summed E-state index contributed by atoms with van der Waals surface area (Å²) in [5, 5.41) is 13.9. The Morgan fingerprint density at radius 2 is 2.00 bits per heavy atom. The van der Waals surface area contributed by atoms with E-state index in [9.17, 15) is 4.79 Å². The first-order chi connectivity index (χ1) is 9.19. The molecule has 1 aromatic carbocycles. The molecule has 0 amide bonds. The molecule has 2 aromatic rings. The second-order valence-electron chi connectivity index (χ2n) is 4.72. The summed E-state index contributed by atoms with van der Waals surface area (Å²) in [6.45, 7) is 2.71. The number of nitrogens with zero attached hydrogens (tertiary/aromatic N) is 1. The Kier molecular flexibility index (Phi) is 4.35. The average molecular weight is 260 g/mol. The third-order valence-corrected chi connectivity index (χ3v) is 3.48. The molecule has 4 nitrogen and oxygen atoms in total. The Balaban J connectivity index is 2.65. The molecular weight excluding hydrogens is 240 g/mol. The number of nitrogens with one attached hydrogen (secondary N) is 1.